The van der Waals surface area contributed by atoms with Crippen LogP contribution in [0.3, 0.4) is 0 Å². The highest BCUT2D eigenvalue weighted by atomic mass is 35.5. The maximum Gasteiger partial charge on any atom is 0.253 e. The topological polar surface area (TPSA) is 42.0 Å². The first-order valence-electron chi connectivity index (χ1n) is 6.86. The molecule has 1 heterocycles. The fraction of sp³-hybridized carbons (Fsp3) is 0.0588. The number of thiazole rings is 1. The summed E-state index contributed by atoms with van der Waals surface area (Å²) < 4.78 is 0. The molecular formula is C17H12Cl2N2OS. The SMILES string of the molecule is O=C(NCc1csc(-c2ccccc2)n1)c1cc(Cl)ccc1Cl. The quantitative estimate of drug-likeness (QED) is 0.705. The molecule has 0 radical (unpaired) electrons. The molecule has 3 rings (SSSR count). The van der Waals surface area contributed by atoms with E-state index in [0.29, 0.717) is 22.2 Å². The minimum absolute atomic E-state index is 0.272. The largest absolute Gasteiger partial charge is 0.346 e. The van der Waals surface area contributed by atoms with Crippen molar-refractivity contribution >= 4 is 40.4 Å². The summed E-state index contributed by atoms with van der Waals surface area (Å²) in [5, 5.41) is 6.51. The number of hydrogen-bond acceptors (Lipinski definition) is 3. The van der Waals surface area contributed by atoms with E-state index >= 15 is 0 Å². The van der Waals surface area contributed by atoms with Crippen LogP contribution in [0.4, 0.5) is 0 Å². The maximum absolute atomic E-state index is 12.2. The molecule has 1 aromatic heterocycles. The molecule has 23 heavy (non-hydrogen) atoms. The van der Waals surface area contributed by atoms with Crippen LogP contribution in [0.2, 0.25) is 10.0 Å². The highest BCUT2D eigenvalue weighted by Crippen LogP contribution is 2.24. The van der Waals surface area contributed by atoms with E-state index in [1.165, 1.54) is 0 Å². The van der Waals surface area contributed by atoms with Crippen LogP contribution in [-0.2, 0) is 6.54 Å². The van der Waals surface area contributed by atoms with Gasteiger partial charge in [0.1, 0.15) is 5.01 Å². The fourth-order valence-electron chi connectivity index (χ4n) is 2.04. The third-order valence-corrected chi connectivity index (χ3v) is 4.68. The van der Waals surface area contributed by atoms with Crippen molar-refractivity contribution in [2.45, 2.75) is 6.54 Å². The van der Waals surface area contributed by atoms with Crippen LogP contribution in [-0.4, -0.2) is 10.9 Å². The summed E-state index contributed by atoms with van der Waals surface area (Å²) >= 11 is 13.5. The van der Waals surface area contributed by atoms with E-state index in [2.05, 4.69) is 10.3 Å². The van der Waals surface area contributed by atoms with Gasteiger partial charge < -0.3 is 5.32 Å². The molecule has 0 atom stereocenters. The molecule has 0 spiro atoms. The summed E-state index contributed by atoms with van der Waals surface area (Å²) in [5.74, 6) is -0.272. The van der Waals surface area contributed by atoms with Crippen molar-refractivity contribution in [1.29, 1.82) is 0 Å². The third-order valence-electron chi connectivity index (χ3n) is 3.18. The molecule has 116 valence electrons. The molecule has 0 bridgehead atoms. The van der Waals surface area contributed by atoms with Crippen LogP contribution < -0.4 is 5.32 Å². The molecule has 1 N–H and O–H groups in total. The van der Waals surface area contributed by atoms with Crippen LogP contribution in [0, 0.1) is 0 Å². The third kappa shape index (κ3) is 3.91. The monoisotopic (exact) mass is 362 g/mol. The Labute approximate surface area is 147 Å². The second kappa shape index (κ2) is 7.13. The van der Waals surface area contributed by atoms with Gasteiger partial charge in [-0.15, -0.1) is 11.3 Å². The van der Waals surface area contributed by atoms with Gasteiger partial charge in [0, 0.05) is 16.0 Å². The molecule has 3 nitrogen and oxygen atoms in total. The van der Waals surface area contributed by atoms with E-state index in [1.54, 1.807) is 29.5 Å². The zero-order valence-corrected chi connectivity index (χ0v) is 14.3. The number of nitrogens with one attached hydrogen (secondary N) is 1. The Balaban J connectivity index is 1.68. The molecule has 0 fully saturated rings. The van der Waals surface area contributed by atoms with Crippen molar-refractivity contribution in [2.75, 3.05) is 0 Å². The Bertz CT molecular complexity index is 834. The average Bonchev–Trinajstić information content (AvgIpc) is 3.05. The van der Waals surface area contributed by atoms with Crippen molar-refractivity contribution in [3.05, 3.63) is 75.2 Å². The number of hydrogen-bond donors (Lipinski definition) is 1. The summed E-state index contributed by atoms with van der Waals surface area (Å²) in [5.41, 5.74) is 2.23. The van der Waals surface area contributed by atoms with Gasteiger partial charge in [-0.2, -0.15) is 0 Å². The summed E-state index contributed by atoms with van der Waals surface area (Å²) in [7, 11) is 0. The van der Waals surface area contributed by atoms with Crippen LogP contribution in [0.15, 0.2) is 53.9 Å². The Kier molecular flexibility index (Phi) is 4.96. The molecule has 1 amide bonds. The number of carbonyl (C=O) groups is 1. The zero-order valence-electron chi connectivity index (χ0n) is 11.9. The van der Waals surface area contributed by atoms with Crippen LogP contribution in [0.25, 0.3) is 10.6 Å². The molecule has 0 aliphatic heterocycles. The van der Waals surface area contributed by atoms with Crippen LogP contribution in [0.1, 0.15) is 16.1 Å². The van der Waals surface area contributed by atoms with Crippen molar-refractivity contribution < 1.29 is 4.79 Å². The van der Waals surface area contributed by atoms with Crippen molar-refractivity contribution in [3.63, 3.8) is 0 Å². The van der Waals surface area contributed by atoms with E-state index < -0.39 is 0 Å². The highest BCUT2D eigenvalue weighted by Gasteiger charge is 2.12. The lowest BCUT2D eigenvalue weighted by Gasteiger charge is -2.05. The minimum Gasteiger partial charge on any atom is -0.346 e. The van der Waals surface area contributed by atoms with Gasteiger partial charge in [-0.05, 0) is 18.2 Å². The standard InChI is InChI=1S/C17H12Cl2N2OS/c18-12-6-7-15(19)14(8-12)16(22)20-9-13-10-23-17(21-13)11-4-2-1-3-5-11/h1-8,10H,9H2,(H,20,22). The maximum atomic E-state index is 12.2. The number of aromatic nitrogens is 1. The number of nitrogens with zero attached hydrogens (tertiary/aromatic N) is 1. The van der Waals surface area contributed by atoms with Gasteiger partial charge in [0.15, 0.2) is 0 Å². The molecule has 0 saturated heterocycles. The lowest BCUT2D eigenvalue weighted by molar-refractivity contribution is 0.0950. The van der Waals surface area contributed by atoms with Gasteiger partial charge in [0.25, 0.3) is 5.91 Å². The van der Waals surface area contributed by atoms with Crippen LogP contribution >= 0.6 is 34.5 Å². The van der Waals surface area contributed by atoms with E-state index in [4.69, 9.17) is 23.2 Å². The molecular weight excluding hydrogens is 351 g/mol. The number of halogens is 2. The highest BCUT2D eigenvalue weighted by molar-refractivity contribution is 7.13. The van der Waals surface area contributed by atoms with Crippen molar-refractivity contribution in [3.8, 4) is 10.6 Å². The fourth-order valence-corrected chi connectivity index (χ4v) is 3.24. The second-order valence-corrected chi connectivity index (χ2v) is 6.52. The first-order valence-corrected chi connectivity index (χ1v) is 8.50. The van der Waals surface area contributed by atoms with E-state index in [-0.39, 0.29) is 5.91 Å². The molecule has 2 aromatic carbocycles. The second-order valence-electron chi connectivity index (χ2n) is 4.82. The molecule has 0 unspecified atom stereocenters. The lowest BCUT2D eigenvalue weighted by Crippen LogP contribution is -2.23. The van der Waals surface area contributed by atoms with Gasteiger partial charge in [0.2, 0.25) is 0 Å². The van der Waals surface area contributed by atoms with Gasteiger partial charge in [-0.1, -0.05) is 53.5 Å². The Hall–Kier alpha value is -1.88. The van der Waals surface area contributed by atoms with Gasteiger partial charge in [-0.25, -0.2) is 4.98 Å². The summed E-state index contributed by atoms with van der Waals surface area (Å²) in [6.07, 6.45) is 0. The first-order chi connectivity index (χ1) is 11.1. The number of amides is 1. The number of carbonyl (C=O) groups excluding carboxylic acids is 1. The van der Waals surface area contributed by atoms with Crippen molar-refractivity contribution in [2.24, 2.45) is 0 Å². The average molecular weight is 363 g/mol. The Morgan fingerprint density at radius 1 is 1.13 bits per heavy atom. The predicted molar refractivity (Wildman–Crippen MR) is 95.2 cm³/mol. The first kappa shape index (κ1) is 16.0. The minimum atomic E-state index is -0.272. The van der Waals surface area contributed by atoms with E-state index in [1.807, 2.05) is 35.7 Å². The zero-order chi connectivity index (χ0) is 16.2. The lowest BCUT2D eigenvalue weighted by atomic mass is 10.2. The molecule has 3 aromatic rings. The molecule has 0 saturated carbocycles. The van der Waals surface area contributed by atoms with Gasteiger partial charge in [0.05, 0.1) is 22.8 Å². The summed E-state index contributed by atoms with van der Waals surface area (Å²) in [6, 6.07) is 14.7. The number of rotatable bonds is 4. The molecule has 0 aliphatic carbocycles. The van der Waals surface area contributed by atoms with Crippen LogP contribution in [0.5, 0.6) is 0 Å². The Morgan fingerprint density at radius 3 is 2.70 bits per heavy atom. The smallest absolute Gasteiger partial charge is 0.253 e. The molecule has 0 aliphatic rings. The van der Waals surface area contributed by atoms with E-state index in [9.17, 15) is 4.79 Å². The van der Waals surface area contributed by atoms with Gasteiger partial charge >= 0.3 is 0 Å². The summed E-state index contributed by atoms with van der Waals surface area (Å²) in [6.45, 7) is 0.338. The molecule has 6 heteroatoms. The predicted octanol–water partition coefficient (Wildman–Crippen LogP) is 5.05. The van der Waals surface area contributed by atoms with Crippen molar-refractivity contribution in [1.82, 2.24) is 10.3 Å². The normalized spacial score (nSPS) is 10.5. The van der Waals surface area contributed by atoms with Gasteiger partial charge in [-0.3, -0.25) is 4.79 Å². The number of benzene rings is 2. The summed E-state index contributed by atoms with van der Waals surface area (Å²) in [4.78, 5) is 16.7. The Morgan fingerprint density at radius 2 is 1.91 bits per heavy atom. The van der Waals surface area contributed by atoms with E-state index in [0.717, 1.165) is 16.3 Å².